The highest BCUT2D eigenvalue weighted by atomic mass is 32.2. The SMILES string of the molecule is CCSCCC(CNCC(C)C)CC(C)C. The first-order valence-electron chi connectivity index (χ1n) is 6.84. The summed E-state index contributed by atoms with van der Waals surface area (Å²) in [7, 11) is 0. The summed E-state index contributed by atoms with van der Waals surface area (Å²) in [6, 6.07) is 0. The molecule has 0 aliphatic heterocycles. The number of nitrogens with one attached hydrogen (secondary N) is 1. The maximum absolute atomic E-state index is 3.61. The molecule has 0 aliphatic carbocycles. The fourth-order valence-corrected chi connectivity index (χ4v) is 2.73. The summed E-state index contributed by atoms with van der Waals surface area (Å²) < 4.78 is 0. The van der Waals surface area contributed by atoms with Crippen LogP contribution in [0.25, 0.3) is 0 Å². The summed E-state index contributed by atoms with van der Waals surface area (Å²) in [5.74, 6) is 5.06. The van der Waals surface area contributed by atoms with E-state index in [-0.39, 0.29) is 0 Å². The summed E-state index contributed by atoms with van der Waals surface area (Å²) in [4.78, 5) is 0. The Hall–Kier alpha value is 0.310. The number of hydrogen-bond donors (Lipinski definition) is 1. The van der Waals surface area contributed by atoms with Gasteiger partial charge in [0.2, 0.25) is 0 Å². The minimum Gasteiger partial charge on any atom is -0.316 e. The van der Waals surface area contributed by atoms with Crippen LogP contribution in [-0.2, 0) is 0 Å². The Morgan fingerprint density at radius 3 is 2.19 bits per heavy atom. The second-order valence-electron chi connectivity index (χ2n) is 5.53. The molecular formula is C14H31NS. The van der Waals surface area contributed by atoms with E-state index >= 15 is 0 Å². The van der Waals surface area contributed by atoms with Crippen molar-refractivity contribution in [1.82, 2.24) is 5.32 Å². The molecule has 0 heterocycles. The Morgan fingerprint density at radius 1 is 1.00 bits per heavy atom. The Bertz CT molecular complexity index is 146. The monoisotopic (exact) mass is 245 g/mol. The van der Waals surface area contributed by atoms with E-state index < -0.39 is 0 Å². The molecule has 0 aromatic carbocycles. The molecule has 0 saturated carbocycles. The zero-order chi connectivity index (χ0) is 12.4. The summed E-state index contributed by atoms with van der Waals surface area (Å²) in [5.41, 5.74) is 0. The minimum atomic E-state index is 0.768. The molecule has 1 unspecified atom stereocenters. The molecule has 16 heavy (non-hydrogen) atoms. The highest BCUT2D eigenvalue weighted by Gasteiger charge is 2.10. The Balaban J connectivity index is 3.71. The molecule has 0 amide bonds. The normalized spacial score (nSPS) is 13.7. The first-order chi connectivity index (χ1) is 7.56. The van der Waals surface area contributed by atoms with E-state index in [1.807, 2.05) is 0 Å². The molecule has 0 aromatic rings. The van der Waals surface area contributed by atoms with E-state index in [4.69, 9.17) is 0 Å². The summed E-state index contributed by atoms with van der Waals surface area (Å²) >= 11 is 2.08. The van der Waals surface area contributed by atoms with Gasteiger partial charge in [-0.25, -0.2) is 0 Å². The maximum Gasteiger partial charge on any atom is -0.00200 e. The van der Waals surface area contributed by atoms with Crippen LogP contribution in [0.15, 0.2) is 0 Å². The van der Waals surface area contributed by atoms with Crippen molar-refractivity contribution in [3.63, 3.8) is 0 Å². The van der Waals surface area contributed by atoms with Gasteiger partial charge in [-0.2, -0.15) is 11.8 Å². The number of hydrogen-bond acceptors (Lipinski definition) is 2. The topological polar surface area (TPSA) is 12.0 Å². The van der Waals surface area contributed by atoms with Gasteiger partial charge in [0.25, 0.3) is 0 Å². The smallest absolute Gasteiger partial charge is 0.00200 e. The first kappa shape index (κ1) is 16.3. The van der Waals surface area contributed by atoms with Gasteiger partial charge < -0.3 is 5.32 Å². The Labute approximate surface area is 107 Å². The lowest BCUT2D eigenvalue weighted by atomic mass is 9.94. The van der Waals surface area contributed by atoms with Crippen LogP contribution in [0.2, 0.25) is 0 Å². The van der Waals surface area contributed by atoms with Crippen LogP contribution >= 0.6 is 11.8 Å². The second kappa shape index (κ2) is 10.5. The second-order valence-corrected chi connectivity index (χ2v) is 6.93. The molecule has 0 aliphatic rings. The molecular weight excluding hydrogens is 214 g/mol. The number of rotatable bonds is 10. The van der Waals surface area contributed by atoms with Gasteiger partial charge in [0.1, 0.15) is 0 Å². The standard InChI is InChI=1S/C14H31NS/c1-6-16-8-7-14(9-12(2)3)11-15-10-13(4)5/h12-15H,6-11H2,1-5H3. The van der Waals surface area contributed by atoms with Gasteiger partial charge in [-0.05, 0) is 55.2 Å². The van der Waals surface area contributed by atoms with Gasteiger partial charge in [0, 0.05) is 0 Å². The molecule has 0 fully saturated rings. The molecule has 98 valence electrons. The van der Waals surface area contributed by atoms with Crippen LogP contribution in [0, 0.1) is 17.8 Å². The highest BCUT2D eigenvalue weighted by Crippen LogP contribution is 2.17. The Kier molecular flexibility index (Phi) is 10.7. The third-order valence-electron chi connectivity index (χ3n) is 2.66. The number of thioether (sulfide) groups is 1. The summed E-state index contributed by atoms with van der Waals surface area (Å²) in [6.45, 7) is 13.8. The minimum absolute atomic E-state index is 0.768. The van der Waals surface area contributed by atoms with Crippen LogP contribution in [0.4, 0.5) is 0 Å². The molecule has 0 rings (SSSR count). The Morgan fingerprint density at radius 2 is 1.69 bits per heavy atom. The van der Waals surface area contributed by atoms with Crippen molar-refractivity contribution >= 4 is 11.8 Å². The van der Waals surface area contributed by atoms with Crippen LogP contribution in [0.1, 0.15) is 47.5 Å². The third-order valence-corrected chi connectivity index (χ3v) is 3.60. The van der Waals surface area contributed by atoms with Crippen molar-refractivity contribution < 1.29 is 0 Å². The van der Waals surface area contributed by atoms with Crippen molar-refractivity contribution in [1.29, 1.82) is 0 Å². The van der Waals surface area contributed by atoms with Crippen LogP contribution in [0.5, 0.6) is 0 Å². The average Bonchev–Trinajstić information content (AvgIpc) is 2.16. The van der Waals surface area contributed by atoms with E-state index in [0.717, 1.165) is 24.3 Å². The quantitative estimate of drug-likeness (QED) is 0.583. The van der Waals surface area contributed by atoms with Crippen molar-refractivity contribution in [3.05, 3.63) is 0 Å². The van der Waals surface area contributed by atoms with E-state index in [2.05, 4.69) is 51.7 Å². The lowest BCUT2D eigenvalue weighted by Crippen LogP contribution is -2.27. The van der Waals surface area contributed by atoms with Gasteiger partial charge in [0.15, 0.2) is 0 Å². The van der Waals surface area contributed by atoms with Crippen LogP contribution < -0.4 is 5.32 Å². The fraction of sp³-hybridized carbons (Fsp3) is 1.00. The van der Waals surface area contributed by atoms with Crippen molar-refractivity contribution in [2.45, 2.75) is 47.5 Å². The summed E-state index contributed by atoms with van der Waals surface area (Å²) in [6.07, 6.45) is 2.75. The predicted octanol–water partition coefficient (Wildman–Crippen LogP) is 4.04. The lowest BCUT2D eigenvalue weighted by Gasteiger charge is -2.20. The van der Waals surface area contributed by atoms with Gasteiger partial charge in [-0.1, -0.05) is 34.6 Å². The lowest BCUT2D eigenvalue weighted by molar-refractivity contribution is 0.371. The van der Waals surface area contributed by atoms with Crippen molar-refractivity contribution in [3.8, 4) is 0 Å². The fourth-order valence-electron chi connectivity index (χ4n) is 1.94. The maximum atomic E-state index is 3.61. The van der Waals surface area contributed by atoms with Crippen molar-refractivity contribution in [2.75, 3.05) is 24.6 Å². The third kappa shape index (κ3) is 10.8. The van der Waals surface area contributed by atoms with Gasteiger partial charge >= 0.3 is 0 Å². The molecule has 0 aromatic heterocycles. The van der Waals surface area contributed by atoms with Gasteiger partial charge in [-0.15, -0.1) is 0 Å². The van der Waals surface area contributed by atoms with Crippen molar-refractivity contribution in [2.24, 2.45) is 17.8 Å². The van der Waals surface area contributed by atoms with E-state index in [1.165, 1.54) is 30.9 Å². The molecule has 1 N–H and O–H groups in total. The summed E-state index contributed by atoms with van der Waals surface area (Å²) in [5, 5.41) is 3.61. The predicted molar refractivity (Wildman–Crippen MR) is 78.3 cm³/mol. The largest absolute Gasteiger partial charge is 0.316 e. The molecule has 0 radical (unpaired) electrons. The zero-order valence-electron chi connectivity index (χ0n) is 11.9. The van der Waals surface area contributed by atoms with E-state index in [1.54, 1.807) is 0 Å². The van der Waals surface area contributed by atoms with Gasteiger partial charge in [-0.3, -0.25) is 0 Å². The van der Waals surface area contributed by atoms with Crippen LogP contribution in [-0.4, -0.2) is 24.6 Å². The first-order valence-corrected chi connectivity index (χ1v) is 8.00. The zero-order valence-corrected chi connectivity index (χ0v) is 12.7. The molecule has 1 atom stereocenters. The van der Waals surface area contributed by atoms with E-state index in [0.29, 0.717) is 0 Å². The molecule has 0 saturated heterocycles. The molecule has 0 spiro atoms. The molecule has 2 heteroatoms. The van der Waals surface area contributed by atoms with E-state index in [9.17, 15) is 0 Å². The van der Waals surface area contributed by atoms with Crippen LogP contribution in [0.3, 0.4) is 0 Å². The highest BCUT2D eigenvalue weighted by molar-refractivity contribution is 7.99. The average molecular weight is 245 g/mol. The molecule has 1 nitrogen and oxygen atoms in total. The molecule has 0 bridgehead atoms. The van der Waals surface area contributed by atoms with Gasteiger partial charge in [0.05, 0.1) is 0 Å².